The van der Waals surface area contributed by atoms with E-state index in [1.807, 2.05) is 12.1 Å². The van der Waals surface area contributed by atoms with E-state index in [-0.39, 0.29) is 16.8 Å². The average molecular weight is 270 g/mol. The zero-order valence-corrected chi connectivity index (χ0v) is 11.1. The van der Waals surface area contributed by atoms with Gasteiger partial charge in [-0.15, -0.1) is 5.16 Å². The first kappa shape index (κ1) is 12.5. The monoisotopic (exact) mass is 269 g/mol. The molecule has 2 rings (SSSR count). The van der Waals surface area contributed by atoms with Crippen molar-refractivity contribution in [3.8, 4) is 0 Å². The molecule has 2 nitrogen and oxygen atoms in total. The Hall–Kier alpha value is -0.930. The summed E-state index contributed by atoms with van der Waals surface area (Å²) in [5.74, 6) is 2.35. The zero-order valence-electron chi connectivity index (χ0n) is 9.46. The van der Waals surface area contributed by atoms with E-state index in [2.05, 4.69) is 29.4 Å². The topological polar surface area (TPSA) is 32.6 Å². The summed E-state index contributed by atoms with van der Waals surface area (Å²) in [6.07, 6.45) is 4.61. The standard InChI is InChI=1S/C13H16ClNOS/c14-13-8-12(9-15-16)6-7-17(13)10-11-4-2-1-3-5-11/h1-5,8-9,12,16-17H,6-7,10H2. The van der Waals surface area contributed by atoms with Crippen LogP contribution >= 0.6 is 22.5 Å². The molecule has 4 heteroatoms. The van der Waals surface area contributed by atoms with Gasteiger partial charge in [0.2, 0.25) is 0 Å². The Balaban J connectivity index is 2.02. The summed E-state index contributed by atoms with van der Waals surface area (Å²) >= 11 is 6.31. The Morgan fingerprint density at radius 1 is 1.41 bits per heavy atom. The first-order chi connectivity index (χ1) is 8.29. The molecule has 0 aliphatic carbocycles. The number of allylic oxidation sites excluding steroid dienone is 1. The second kappa shape index (κ2) is 6.12. The maximum Gasteiger partial charge on any atom is 0.0509 e. The van der Waals surface area contributed by atoms with Gasteiger partial charge in [-0.2, -0.15) is 0 Å². The molecule has 0 radical (unpaired) electrons. The Labute approximate surface area is 109 Å². The summed E-state index contributed by atoms with van der Waals surface area (Å²) in [7, 11) is -0.263. The number of hydrogen-bond donors (Lipinski definition) is 2. The molecule has 0 amide bonds. The molecule has 0 fully saturated rings. The molecule has 92 valence electrons. The van der Waals surface area contributed by atoms with Crippen molar-refractivity contribution in [3.05, 3.63) is 46.3 Å². The maximum atomic E-state index is 8.51. The summed E-state index contributed by atoms with van der Waals surface area (Å²) < 4.78 is 0.958. The van der Waals surface area contributed by atoms with Gasteiger partial charge < -0.3 is 5.21 Å². The van der Waals surface area contributed by atoms with Crippen LogP contribution < -0.4 is 0 Å². The van der Waals surface area contributed by atoms with Gasteiger partial charge in [0.05, 0.1) is 10.6 Å². The number of thiol groups is 1. The van der Waals surface area contributed by atoms with E-state index in [9.17, 15) is 0 Å². The average Bonchev–Trinajstić information content (AvgIpc) is 2.34. The van der Waals surface area contributed by atoms with E-state index in [0.29, 0.717) is 0 Å². The molecule has 0 saturated heterocycles. The molecule has 1 aromatic rings. The second-order valence-electron chi connectivity index (χ2n) is 4.11. The van der Waals surface area contributed by atoms with E-state index in [1.165, 1.54) is 5.56 Å². The molecule has 1 aliphatic rings. The van der Waals surface area contributed by atoms with Crippen LogP contribution in [0.3, 0.4) is 0 Å². The summed E-state index contributed by atoms with van der Waals surface area (Å²) in [6, 6.07) is 10.4. The van der Waals surface area contributed by atoms with Crippen LogP contribution in [0.2, 0.25) is 0 Å². The molecule has 2 unspecified atom stereocenters. The van der Waals surface area contributed by atoms with E-state index in [4.69, 9.17) is 16.8 Å². The molecule has 0 aromatic heterocycles. The lowest BCUT2D eigenvalue weighted by atomic mass is 10.1. The molecular weight excluding hydrogens is 254 g/mol. The summed E-state index contributed by atoms with van der Waals surface area (Å²) in [5, 5.41) is 11.6. The fraction of sp³-hybridized carbons (Fsp3) is 0.308. The van der Waals surface area contributed by atoms with Crippen LogP contribution in [0.15, 0.2) is 45.9 Å². The highest BCUT2D eigenvalue weighted by molar-refractivity contribution is 8.21. The van der Waals surface area contributed by atoms with Gasteiger partial charge in [0.1, 0.15) is 0 Å². The fourth-order valence-corrected chi connectivity index (χ4v) is 4.72. The van der Waals surface area contributed by atoms with Crippen LogP contribution in [0.25, 0.3) is 0 Å². The zero-order chi connectivity index (χ0) is 12.1. The molecule has 0 saturated carbocycles. The van der Waals surface area contributed by atoms with Crippen LogP contribution in [0.4, 0.5) is 0 Å². The highest BCUT2D eigenvalue weighted by atomic mass is 35.5. The van der Waals surface area contributed by atoms with Crippen molar-refractivity contribution in [3.63, 3.8) is 0 Å². The maximum absolute atomic E-state index is 8.51. The quantitative estimate of drug-likeness (QED) is 0.373. The lowest BCUT2D eigenvalue weighted by molar-refractivity contribution is 0.319. The number of halogens is 1. The first-order valence-electron chi connectivity index (χ1n) is 5.63. The van der Waals surface area contributed by atoms with Crippen molar-refractivity contribution in [2.24, 2.45) is 11.1 Å². The number of rotatable bonds is 3. The number of benzene rings is 1. The Morgan fingerprint density at radius 2 is 2.18 bits per heavy atom. The number of hydrogen-bond acceptors (Lipinski definition) is 2. The van der Waals surface area contributed by atoms with Crippen LogP contribution in [-0.2, 0) is 5.75 Å². The van der Waals surface area contributed by atoms with Gasteiger partial charge in [-0.25, -0.2) is 10.9 Å². The van der Waals surface area contributed by atoms with E-state index >= 15 is 0 Å². The Kier molecular flexibility index (Phi) is 4.51. The first-order valence-corrected chi connectivity index (χ1v) is 7.72. The van der Waals surface area contributed by atoms with E-state index < -0.39 is 0 Å². The van der Waals surface area contributed by atoms with Crippen LogP contribution in [0, 0.1) is 5.92 Å². The van der Waals surface area contributed by atoms with Crippen molar-refractivity contribution in [2.75, 3.05) is 5.75 Å². The normalized spacial score (nSPS) is 27.0. The van der Waals surface area contributed by atoms with Crippen molar-refractivity contribution < 1.29 is 5.21 Å². The predicted molar refractivity (Wildman–Crippen MR) is 76.3 cm³/mol. The van der Waals surface area contributed by atoms with Gasteiger partial charge in [-0.1, -0.05) is 48.0 Å². The van der Waals surface area contributed by atoms with E-state index in [0.717, 1.165) is 22.3 Å². The van der Waals surface area contributed by atoms with Gasteiger partial charge in [0, 0.05) is 11.7 Å². The van der Waals surface area contributed by atoms with Crippen molar-refractivity contribution in [1.29, 1.82) is 0 Å². The van der Waals surface area contributed by atoms with Crippen molar-refractivity contribution >= 4 is 28.7 Å². The largest absolute Gasteiger partial charge is 0.411 e. The summed E-state index contributed by atoms with van der Waals surface area (Å²) in [5.41, 5.74) is 1.35. The number of nitrogens with zero attached hydrogens (tertiary/aromatic N) is 1. The van der Waals surface area contributed by atoms with Gasteiger partial charge in [-0.3, -0.25) is 0 Å². The highest BCUT2D eigenvalue weighted by Crippen LogP contribution is 2.46. The minimum Gasteiger partial charge on any atom is -0.411 e. The van der Waals surface area contributed by atoms with Crippen LogP contribution in [-0.4, -0.2) is 17.2 Å². The van der Waals surface area contributed by atoms with Gasteiger partial charge >= 0.3 is 0 Å². The van der Waals surface area contributed by atoms with E-state index in [1.54, 1.807) is 6.21 Å². The van der Waals surface area contributed by atoms with Crippen molar-refractivity contribution in [2.45, 2.75) is 12.2 Å². The Bertz CT molecular complexity index is 419. The van der Waals surface area contributed by atoms with Crippen molar-refractivity contribution in [1.82, 2.24) is 0 Å². The molecule has 1 aromatic carbocycles. The Morgan fingerprint density at radius 3 is 2.82 bits per heavy atom. The van der Waals surface area contributed by atoms with Crippen LogP contribution in [0.5, 0.6) is 0 Å². The van der Waals surface area contributed by atoms with Crippen LogP contribution in [0.1, 0.15) is 12.0 Å². The summed E-state index contributed by atoms with van der Waals surface area (Å²) in [6.45, 7) is 0. The SMILES string of the molecule is ON=CC1C=C(Cl)[SH](Cc2ccccc2)CC1. The summed E-state index contributed by atoms with van der Waals surface area (Å²) in [4.78, 5) is 0. The molecule has 0 spiro atoms. The molecule has 1 heterocycles. The van der Waals surface area contributed by atoms with Gasteiger partial charge in [0.15, 0.2) is 0 Å². The predicted octanol–water partition coefficient (Wildman–Crippen LogP) is 3.75. The minimum atomic E-state index is -0.263. The third-order valence-electron chi connectivity index (χ3n) is 2.86. The van der Waals surface area contributed by atoms with Gasteiger partial charge in [0.25, 0.3) is 0 Å². The molecule has 1 aliphatic heterocycles. The highest BCUT2D eigenvalue weighted by Gasteiger charge is 2.18. The molecule has 17 heavy (non-hydrogen) atoms. The minimum absolute atomic E-state index is 0.196. The molecule has 1 N–H and O–H groups in total. The fourth-order valence-electron chi connectivity index (χ4n) is 1.94. The molecular formula is C13H16ClNOS. The number of oxime groups is 1. The smallest absolute Gasteiger partial charge is 0.0509 e. The lowest BCUT2D eigenvalue weighted by Crippen LogP contribution is -2.09. The third-order valence-corrected chi connectivity index (χ3v) is 6.00. The second-order valence-corrected chi connectivity index (χ2v) is 7.11. The molecule has 0 bridgehead atoms. The lowest BCUT2D eigenvalue weighted by Gasteiger charge is -2.27. The van der Waals surface area contributed by atoms with Gasteiger partial charge in [-0.05, 0) is 17.7 Å². The molecule has 2 atom stereocenters. The third kappa shape index (κ3) is 3.51.